The molecule has 4 aromatic rings. The molecule has 0 unspecified atom stereocenters. The highest BCUT2D eigenvalue weighted by molar-refractivity contribution is 7.80. The predicted molar refractivity (Wildman–Crippen MR) is 144 cm³/mol. The largest absolute Gasteiger partial charge is 0.494 e. The van der Waals surface area contributed by atoms with Gasteiger partial charge >= 0.3 is 0 Å². The second-order valence-corrected chi connectivity index (χ2v) is 8.95. The number of hydrogen-bond donors (Lipinski definition) is 1. The summed E-state index contributed by atoms with van der Waals surface area (Å²) >= 11 is 5.82. The quantitative estimate of drug-likeness (QED) is 0.324. The van der Waals surface area contributed by atoms with Crippen LogP contribution in [0, 0.1) is 0 Å². The lowest BCUT2D eigenvalue weighted by molar-refractivity contribution is 0.340. The fourth-order valence-corrected chi connectivity index (χ4v) is 4.73. The van der Waals surface area contributed by atoms with Crippen molar-refractivity contribution in [2.24, 2.45) is 0 Å². The molecule has 2 aromatic carbocycles. The van der Waals surface area contributed by atoms with Crippen molar-refractivity contribution < 1.29 is 9.15 Å². The number of benzene rings is 2. The standard InChI is InChI=1S/C28H28N4O2S/c1-4-33-22-14-8-19(9-15-22)24-16-17-25(34-24)27-26(23-7-5-6-18-29-23)30-28(35)32(27)21-12-10-20(11-13-21)31(2)3/h5-18,26-27H,4H2,1-3H3,(H,30,35)/t26-,27-/m0/s1. The van der Waals surface area contributed by atoms with Crippen LogP contribution in [-0.2, 0) is 0 Å². The maximum atomic E-state index is 6.45. The number of ether oxygens (including phenoxy) is 1. The topological polar surface area (TPSA) is 53.8 Å². The number of hydrogen-bond acceptors (Lipinski definition) is 5. The number of pyridine rings is 1. The molecule has 5 rings (SSSR count). The molecular formula is C28H28N4O2S. The van der Waals surface area contributed by atoms with Gasteiger partial charge in [0.1, 0.15) is 23.3 Å². The van der Waals surface area contributed by atoms with E-state index in [-0.39, 0.29) is 12.1 Å². The van der Waals surface area contributed by atoms with E-state index >= 15 is 0 Å². The fraction of sp³-hybridized carbons (Fsp3) is 0.214. The van der Waals surface area contributed by atoms with Crippen molar-refractivity contribution in [2.45, 2.75) is 19.0 Å². The molecular weight excluding hydrogens is 456 g/mol. The Morgan fingerprint density at radius 3 is 2.43 bits per heavy atom. The van der Waals surface area contributed by atoms with Gasteiger partial charge in [-0.1, -0.05) is 6.07 Å². The summed E-state index contributed by atoms with van der Waals surface area (Å²) in [7, 11) is 4.06. The Balaban J connectivity index is 1.53. The third-order valence-corrected chi connectivity index (χ3v) is 6.43. The van der Waals surface area contributed by atoms with Crippen molar-refractivity contribution in [3.63, 3.8) is 0 Å². The van der Waals surface area contributed by atoms with E-state index in [1.165, 1.54) is 0 Å². The molecule has 178 valence electrons. The molecule has 7 heteroatoms. The van der Waals surface area contributed by atoms with E-state index in [4.69, 9.17) is 21.4 Å². The molecule has 0 radical (unpaired) electrons. The van der Waals surface area contributed by atoms with Gasteiger partial charge in [-0.3, -0.25) is 4.98 Å². The molecule has 1 saturated heterocycles. The number of nitrogens with one attached hydrogen (secondary N) is 1. The SMILES string of the molecule is CCOc1ccc(-c2ccc([C@H]3[C@H](c4ccccn4)NC(=S)N3c3ccc(N(C)C)cc3)o2)cc1. The van der Waals surface area contributed by atoms with Gasteiger partial charge in [0, 0.05) is 37.2 Å². The molecule has 1 aliphatic heterocycles. The minimum absolute atomic E-state index is 0.156. The summed E-state index contributed by atoms with van der Waals surface area (Å²) in [5, 5.41) is 4.12. The minimum atomic E-state index is -0.195. The van der Waals surface area contributed by atoms with Crippen LogP contribution in [0.15, 0.2) is 89.5 Å². The second kappa shape index (κ2) is 9.80. The van der Waals surface area contributed by atoms with Crippen LogP contribution in [0.1, 0.15) is 30.5 Å². The van der Waals surface area contributed by atoms with E-state index in [9.17, 15) is 0 Å². The van der Waals surface area contributed by atoms with Gasteiger partial charge in [0.05, 0.1) is 18.3 Å². The Kier molecular flexibility index (Phi) is 6.42. The van der Waals surface area contributed by atoms with Gasteiger partial charge in [-0.25, -0.2) is 0 Å². The first kappa shape index (κ1) is 22.9. The van der Waals surface area contributed by atoms with E-state index in [1.54, 1.807) is 6.20 Å². The lowest BCUT2D eigenvalue weighted by Crippen LogP contribution is -2.29. The summed E-state index contributed by atoms with van der Waals surface area (Å²) in [5.41, 5.74) is 4.02. The van der Waals surface area contributed by atoms with Crippen LogP contribution in [0.3, 0.4) is 0 Å². The average molecular weight is 485 g/mol. The lowest BCUT2D eigenvalue weighted by Gasteiger charge is -2.26. The monoisotopic (exact) mass is 484 g/mol. The molecule has 3 heterocycles. The van der Waals surface area contributed by atoms with Crippen LogP contribution < -0.4 is 19.9 Å². The maximum Gasteiger partial charge on any atom is 0.174 e. The zero-order valence-corrected chi connectivity index (χ0v) is 20.8. The Morgan fingerprint density at radius 1 is 1.00 bits per heavy atom. The Hall–Kier alpha value is -3.84. The van der Waals surface area contributed by atoms with Gasteiger partial charge in [-0.05, 0) is 91.9 Å². The minimum Gasteiger partial charge on any atom is -0.494 e. The van der Waals surface area contributed by atoms with E-state index in [0.29, 0.717) is 11.7 Å². The number of thiocarbonyl (C=S) groups is 1. The number of furan rings is 1. The van der Waals surface area contributed by atoms with Crippen molar-refractivity contribution in [1.82, 2.24) is 10.3 Å². The number of nitrogens with zero attached hydrogens (tertiary/aromatic N) is 3. The molecule has 0 aliphatic carbocycles. The summed E-state index contributed by atoms with van der Waals surface area (Å²) in [6.07, 6.45) is 1.80. The Bertz CT molecular complexity index is 1290. The van der Waals surface area contributed by atoms with Gasteiger partial charge in [-0.2, -0.15) is 0 Å². The molecule has 6 nitrogen and oxygen atoms in total. The van der Waals surface area contributed by atoms with Crippen molar-refractivity contribution in [3.05, 3.63) is 96.5 Å². The van der Waals surface area contributed by atoms with Crippen molar-refractivity contribution in [3.8, 4) is 17.1 Å². The molecule has 1 N–H and O–H groups in total. The fourth-order valence-electron chi connectivity index (χ4n) is 4.38. The first-order valence-corrected chi connectivity index (χ1v) is 12.1. The Labute approximate surface area is 211 Å². The molecule has 1 fully saturated rings. The highest BCUT2D eigenvalue weighted by Crippen LogP contribution is 2.43. The normalized spacial score (nSPS) is 17.3. The van der Waals surface area contributed by atoms with E-state index in [0.717, 1.165) is 39.9 Å². The molecule has 0 bridgehead atoms. The van der Waals surface area contributed by atoms with Crippen molar-refractivity contribution >= 4 is 28.7 Å². The van der Waals surface area contributed by atoms with Crippen LogP contribution in [0.4, 0.5) is 11.4 Å². The van der Waals surface area contributed by atoms with Gasteiger partial charge in [0.2, 0.25) is 0 Å². The molecule has 2 atom stereocenters. The zero-order chi connectivity index (χ0) is 24.4. The maximum absolute atomic E-state index is 6.45. The van der Waals surface area contributed by atoms with Crippen LogP contribution in [0.25, 0.3) is 11.3 Å². The van der Waals surface area contributed by atoms with Gasteiger partial charge in [0.15, 0.2) is 5.11 Å². The van der Waals surface area contributed by atoms with Crippen LogP contribution in [-0.4, -0.2) is 30.8 Å². The molecule has 35 heavy (non-hydrogen) atoms. The highest BCUT2D eigenvalue weighted by atomic mass is 32.1. The molecule has 0 spiro atoms. The van der Waals surface area contributed by atoms with Gasteiger partial charge in [0.25, 0.3) is 0 Å². The third-order valence-electron chi connectivity index (χ3n) is 6.11. The number of aromatic nitrogens is 1. The first-order valence-electron chi connectivity index (χ1n) is 11.7. The number of anilines is 2. The summed E-state index contributed by atoms with van der Waals surface area (Å²) in [4.78, 5) is 8.81. The van der Waals surface area contributed by atoms with Crippen molar-refractivity contribution in [1.29, 1.82) is 0 Å². The molecule has 2 aromatic heterocycles. The van der Waals surface area contributed by atoms with Crippen LogP contribution >= 0.6 is 12.2 Å². The van der Waals surface area contributed by atoms with E-state index in [1.807, 2.05) is 75.6 Å². The van der Waals surface area contributed by atoms with Gasteiger partial charge < -0.3 is 24.3 Å². The summed E-state index contributed by atoms with van der Waals surface area (Å²) in [5.74, 6) is 2.45. The van der Waals surface area contributed by atoms with Crippen molar-refractivity contribution in [2.75, 3.05) is 30.5 Å². The average Bonchev–Trinajstić information content (AvgIpc) is 3.50. The third kappa shape index (κ3) is 4.59. The van der Waals surface area contributed by atoms with Gasteiger partial charge in [-0.15, -0.1) is 0 Å². The summed E-state index contributed by atoms with van der Waals surface area (Å²) < 4.78 is 12.0. The highest BCUT2D eigenvalue weighted by Gasteiger charge is 2.42. The molecule has 0 saturated carbocycles. The molecule has 1 aliphatic rings. The Morgan fingerprint density at radius 2 is 1.77 bits per heavy atom. The predicted octanol–water partition coefficient (Wildman–Crippen LogP) is 5.98. The number of rotatable bonds is 7. The van der Waals surface area contributed by atoms with Crippen LogP contribution in [0.5, 0.6) is 5.75 Å². The smallest absolute Gasteiger partial charge is 0.174 e. The van der Waals surface area contributed by atoms with E-state index in [2.05, 4.69) is 44.4 Å². The first-order chi connectivity index (χ1) is 17.0. The lowest BCUT2D eigenvalue weighted by atomic mass is 10.0. The van der Waals surface area contributed by atoms with Crippen LogP contribution in [0.2, 0.25) is 0 Å². The zero-order valence-electron chi connectivity index (χ0n) is 20.0. The molecule has 0 amide bonds. The second-order valence-electron chi connectivity index (χ2n) is 8.57. The summed E-state index contributed by atoms with van der Waals surface area (Å²) in [6.45, 7) is 2.61. The summed E-state index contributed by atoms with van der Waals surface area (Å²) in [6, 6.07) is 25.9. The van der Waals surface area contributed by atoms with E-state index < -0.39 is 0 Å².